The first kappa shape index (κ1) is 27.6. The summed E-state index contributed by atoms with van der Waals surface area (Å²) >= 11 is 0. The molecular weight excluding hydrogens is 599 g/mol. The first-order valence-corrected chi connectivity index (χ1v) is 17.6. The van der Waals surface area contributed by atoms with E-state index >= 15 is 0 Å². The average Bonchev–Trinajstić information content (AvgIpc) is 3.08. The largest absolute Gasteiger partial charge is 0.310 e. The number of hydrogen-bond acceptors (Lipinski definition) is 5. The number of rotatable bonds is 3. The molecule has 0 saturated heterocycles. The summed E-state index contributed by atoms with van der Waals surface area (Å²) in [6.07, 6.45) is 0. The van der Waals surface area contributed by atoms with E-state index in [0.717, 1.165) is 39.2 Å². The van der Waals surface area contributed by atoms with Crippen LogP contribution in [-0.2, 0) is 25.1 Å². The Kier molecular flexibility index (Phi) is 5.98. The van der Waals surface area contributed by atoms with Crippen LogP contribution in [0.2, 0.25) is 0 Å². The number of hydrogen-bond donors (Lipinski definition) is 0. The van der Waals surface area contributed by atoms with Gasteiger partial charge >= 0.3 is 0 Å². The maximum Gasteiger partial charge on any atom is 0.209 e. The van der Waals surface area contributed by atoms with Crippen molar-refractivity contribution >= 4 is 36.7 Å². The van der Waals surface area contributed by atoms with Crippen LogP contribution in [0.25, 0.3) is 11.1 Å². The molecule has 0 aromatic heterocycles. The standard InChI is InChI=1S/C38H27NO4S2/c1-38(28-14-6-3-7-15-28)30-16-8-9-17-32(30)39(33-22-20-27(24-31(33)38)26-12-4-2-5-13-26)29-21-23-36-37(25-29)45(42,43)35-19-11-10-18-34(35)44(36,40)41/h2-25H,1H3. The molecule has 0 aliphatic carbocycles. The Morgan fingerprint density at radius 2 is 1.02 bits per heavy atom. The van der Waals surface area contributed by atoms with Crippen molar-refractivity contribution in [1.29, 1.82) is 0 Å². The van der Waals surface area contributed by atoms with E-state index in [-0.39, 0.29) is 19.6 Å². The van der Waals surface area contributed by atoms with E-state index in [1.165, 1.54) is 24.3 Å². The number of fused-ring (bicyclic) bond motifs is 4. The van der Waals surface area contributed by atoms with Crippen molar-refractivity contribution < 1.29 is 16.8 Å². The second-order valence-electron chi connectivity index (χ2n) is 11.5. The Balaban J connectivity index is 1.41. The monoisotopic (exact) mass is 625 g/mol. The van der Waals surface area contributed by atoms with Crippen LogP contribution in [-0.4, -0.2) is 16.8 Å². The first-order valence-electron chi connectivity index (χ1n) is 14.6. The molecule has 6 aromatic rings. The van der Waals surface area contributed by atoms with Crippen LogP contribution in [0.1, 0.15) is 23.6 Å². The quantitative estimate of drug-likeness (QED) is 0.197. The number of benzene rings is 6. The molecule has 45 heavy (non-hydrogen) atoms. The maximum absolute atomic E-state index is 13.9. The predicted molar refractivity (Wildman–Crippen MR) is 176 cm³/mol. The Morgan fingerprint density at radius 1 is 0.467 bits per heavy atom. The van der Waals surface area contributed by atoms with Crippen LogP contribution >= 0.6 is 0 Å². The second kappa shape index (κ2) is 9.76. The van der Waals surface area contributed by atoms with Gasteiger partial charge in [0.15, 0.2) is 0 Å². The average molecular weight is 626 g/mol. The molecule has 1 atom stereocenters. The SMILES string of the molecule is CC1(c2ccccc2)c2ccccc2N(c2ccc3c(c2)S(=O)(=O)c2ccccc2S3(=O)=O)c2ccc(-c3ccccc3)cc21. The summed E-state index contributed by atoms with van der Waals surface area (Å²) < 4.78 is 55.0. The molecule has 5 nitrogen and oxygen atoms in total. The maximum atomic E-state index is 13.9. The van der Waals surface area contributed by atoms with Crippen LogP contribution in [0.15, 0.2) is 165 Å². The normalized spacial score (nSPS) is 18.6. The molecule has 0 saturated carbocycles. The summed E-state index contributed by atoms with van der Waals surface area (Å²) in [6.45, 7) is 2.23. The van der Waals surface area contributed by atoms with E-state index in [9.17, 15) is 16.8 Å². The summed E-state index contributed by atoms with van der Waals surface area (Å²) in [5, 5.41) is 0. The summed E-state index contributed by atoms with van der Waals surface area (Å²) in [5.74, 6) is 0. The van der Waals surface area contributed by atoms with Crippen LogP contribution in [0.5, 0.6) is 0 Å². The summed E-state index contributed by atoms with van der Waals surface area (Å²) in [4.78, 5) is 1.25. The molecule has 0 fully saturated rings. The van der Waals surface area contributed by atoms with Crippen LogP contribution in [0, 0.1) is 0 Å². The minimum Gasteiger partial charge on any atom is -0.310 e. The van der Waals surface area contributed by atoms with Crippen LogP contribution in [0.3, 0.4) is 0 Å². The minimum absolute atomic E-state index is 0.189. The van der Waals surface area contributed by atoms with E-state index in [0.29, 0.717) is 5.69 Å². The lowest BCUT2D eigenvalue weighted by Crippen LogP contribution is -2.34. The molecule has 0 amide bonds. The van der Waals surface area contributed by atoms with Gasteiger partial charge in [0.05, 0.1) is 31.0 Å². The smallest absolute Gasteiger partial charge is 0.209 e. The fourth-order valence-electron chi connectivity index (χ4n) is 6.87. The highest BCUT2D eigenvalue weighted by atomic mass is 32.2. The lowest BCUT2D eigenvalue weighted by Gasteiger charge is -2.44. The third kappa shape index (κ3) is 3.91. The van der Waals surface area contributed by atoms with Gasteiger partial charge in [-0.15, -0.1) is 0 Å². The molecule has 0 N–H and O–H groups in total. The van der Waals surface area contributed by atoms with Crippen molar-refractivity contribution in [2.45, 2.75) is 31.9 Å². The van der Waals surface area contributed by atoms with Gasteiger partial charge in [-0.2, -0.15) is 0 Å². The van der Waals surface area contributed by atoms with E-state index in [1.54, 1.807) is 18.2 Å². The fourth-order valence-corrected chi connectivity index (χ4v) is 11.0. The zero-order valence-corrected chi connectivity index (χ0v) is 25.9. The summed E-state index contributed by atoms with van der Waals surface area (Å²) in [7, 11) is -8.13. The van der Waals surface area contributed by atoms with E-state index < -0.39 is 25.1 Å². The Hall–Kier alpha value is -4.98. The number of anilines is 3. The lowest BCUT2D eigenvalue weighted by atomic mass is 9.67. The molecule has 0 spiro atoms. The van der Waals surface area contributed by atoms with E-state index in [1.807, 2.05) is 59.5 Å². The Morgan fingerprint density at radius 3 is 1.73 bits per heavy atom. The van der Waals surface area contributed by atoms with Gasteiger partial charge in [-0.3, -0.25) is 0 Å². The van der Waals surface area contributed by atoms with Gasteiger partial charge in [-0.05, 0) is 83.3 Å². The molecule has 2 aliphatic rings. The van der Waals surface area contributed by atoms with E-state index in [4.69, 9.17) is 0 Å². The van der Waals surface area contributed by atoms with Crippen molar-refractivity contribution in [2.24, 2.45) is 0 Å². The topological polar surface area (TPSA) is 71.5 Å². The zero-order valence-electron chi connectivity index (χ0n) is 24.3. The van der Waals surface area contributed by atoms with Gasteiger partial charge in [0.25, 0.3) is 0 Å². The number of sulfone groups is 2. The van der Waals surface area contributed by atoms with Gasteiger partial charge in [0.1, 0.15) is 0 Å². The molecule has 8 rings (SSSR count). The van der Waals surface area contributed by atoms with Gasteiger partial charge in [0, 0.05) is 11.1 Å². The second-order valence-corrected chi connectivity index (χ2v) is 15.3. The third-order valence-electron chi connectivity index (χ3n) is 9.11. The lowest BCUT2D eigenvalue weighted by molar-refractivity contribution is 0.570. The molecule has 220 valence electrons. The summed E-state index contributed by atoms with van der Waals surface area (Å²) in [6, 6.07) is 45.5. The van der Waals surface area contributed by atoms with Gasteiger partial charge < -0.3 is 4.90 Å². The van der Waals surface area contributed by atoms with Crippen LogP contribution in [0.4, 0.5) is 17.1 Å². The Labute approximate surface area is 262 Å². The number of para-hydroxylation sites is 1. The molecule has 2 heterocycles. The van der Waals surface area contributed by atoms with Crippen LogP contribution < -0.4 is 4.90 Å². The van der Waals surface area contributed by atoms with Gasteiger partial charge in [-0.1, -0.05) is 97.1 Å². The highest BCUT2D eigenvalue weighted by Crippen LogP contribution is 2.56. The predicted octanol–water partition coefficient (Wildman–Crippen LogP) is 8.47. The molecule has 1 unspecified atom stereocenters. The highest BCUT2D eigenvalue weighted by molar-refractivity contribution is 7.97. The highest BCUT2D eigenvalue weighted by Gasteiger charge is 2.43. The fraction of sp³-hybridized carbons (Fsp3) is 0.0526. The molecule has 0 radical (unpaired) electrons. The first-order chi connectivity index (χ1) is 21.7. The molecular formula is C38H27NO4S2. The van der Waals surface area contributed by atoms with Crippen molar-refractivity contribution in [2.75, 3.05) is 4.90 Å². The van der Waals surface area contributed by atoms with Gasteiger partial charge in [0.2, 0.25) is 19.7 Å². The minimum atomic E-state index is -4.10. The molecule has 6 aromatic carbocycles. The third-order valence-corrected chi connectivity index (χ3v) is 13.1. The number of nitrogens with zero attached hydrogens (tertiary/aromatic N) is 1. The molecule has 2 aliphatic heterocycles. The van der Waals surface area contributed by atoms with Crippen molar-refractivity contribution in [3.8, 4) is 11.1 Å². The van der Waals surface area contributed by atoms with Crippen molar-refractivity contribution in [1.82, 2.24) is 0 Å². The van der Waals surface area contributed by atoms with Crippen molar-refractivity contribution in [3.63, 3.8) is 0 Å². The zero-order chi connectivity index (χ0) is 31.0. The van der Waals surface area contributed by atoms with E-state index in [2.05, 4.69) is 55.5 Å². The van der Waals surface area contributed by atoms with Gasteiger partial charge in [-0.25, -0.2) is 16.8 Å². The summed E-state index contributed by atoms with van der Waals surface area (Å²) in [5.41, 5.74) is 7.16. The Bertz CT molecular complexity index is 2370. The molecule has 7 heteroatoms. The molecule has 0 bridgehead atoms. The van der Waals surface area contributed by atoms with Crippen molar-refractivity contribution in [3.05, 3.63) is 162 Å².